The number of nitrogens with two attached hydrogens (primary N) is 1. The molecule has 5 heteroatoms. The number of fused-ring (bicyclic) bond motifs is 1. The Hall–Kier alpha value is -1.88. The Morgan fingerprint density at radius 3 is 3.25 bits per heavy atom. The van der Waals surface area contributed by atoms with Crippen LogP contribution in [0.5, 0.6) is 0 Å². The summed E-state index contributed by atoms with van der Waals surface area (Å²) in [5.74, 6) is -0.412. The fourth-order valence-corrected chi connectivity index (χ4v) is 1.64. The smallest absolute Gasteiger partial charge is 0.322 e. The zero-order valence-corrected chi connectivity index (χ0v) is 8.93. The van der Waals surface area contributed by atoms with Gasteiger partial charge in [-0.2, -0.15) is 0 Å². The van der Waals surface area contributed by atoms with E-state index in [9.17, 15) is 4.79 Å². The van der Waals surface area contributed by atoms with Crippen LogP contribution in [-0.4, -0.2) is 29.1 Å². The van der Waals surface area contributed by atoms with Crippen LogP contribution >= 0.6 is 0 Å². The molecule has 0 aliphatic rings. The second-order valence-electron chi connectivity index (χ2n) is 3.55. The molecule has 0 radical (unpaired) electrons. The summed E-state index contributed by atoms with van der Waals surface area (Å²) >= 11 is 0. The van der Waals surface area contributed by atoms with Crippen LogP contribution in [-0.2, 0) is 16.0 Å². The van der Waals surface area contributed by atoms with Crippen LogP contribution in [0, 0.1) is 0 Å². The van der Waals surface area contributed by atoms with E-state index in [1.54, 1.807) is 6.20 Å². The molecule has 0 aliphatic carbocycles. The first-order chi connectivity index (χ1) is 7.72. The van der Waals surface area contributed by atoms with Gasteiger partial charge in [0.15, 0.2) is 0 Å². The molecular formula is C11H13N3O2. The highest BCUT2D eigenvalue weighted by molar-refractivity contribution is 5.81. The highest BCUT2D eigenvalue weighted by atomic mass is 16.5. The van der Waals surface area contributed by atoms with Crippen molar-refractivity contribution in [2.45, 2.75) is 12.5 Å². The topological polar surface area (TPSA) is 81.0 Å². The van der Waals surface area contributed by atoms with E-state index in [0.717, 1.165) is 16.6 Å². The van der Waals surface area contributed by atoms with Gasteiger partial charge < -0.3 is 15.5 Å². The van der Waals surface area contributed by atoms with E-state index < -0.39 is 12.0 Å². The Morgan fingerprint density at radius 1 is 1.69 bits per heavy atom. The highest BCUT2D eigenvalue weighted by Gasteiger charge is 2.16. The molecular weight excluding hydrogens is 206 g/mol. The van der Waals surface area contributed by atoms with Gasteiger partial charge in [0.1, 0.15) is 6.04 Å². The summed E-state index contributed by atoms with van der Waals surface area (Å²) in [7, 11) is 1.33. The van der Waals surface area contributed by atoms with Crippen molar-refractivity contribution in [1.29, 1.82) is 0 Å². The van der Waals surface area contributed by atoms with Crippen molar-refractivity contribution >= 4 is 17.0 Å². The predicted molar refractivity (Wildman–Crippen MR) is 59.8 cm³/mol. The number of hydrogen-bond donors (Lipinski definition) is 2. The first-order valence-electron chi connectivity index (χ1n) is 4.96. The van der Waals surface area contributed by atoms with Gasteiger partial charge >= 0.3 is 5.97 Å². The molecule has 2 heterocycles. The fraction of sp³-hybridized carbons (Fsp3) is 0.273. The SMILES string of the molecule is COC(=O)C(N)Cc1c[nH]c2cccnc12. The van der Waals surface area contributed by atoms with Crippen molar-refractivity contribution in [2.24, 2.45) is 5.73 Å². The van der Waals surface area contributed by atoms with Crippen LogP contribution in [0.1, 0.15) is 5.56 Å². The number of H-pyrrole nitrogens is 1. The maximum absolute atomic E-state index is 11.2. The summed E-state index contributed by atoms with van der Waals surface area (Å²) in [6.45, 7) is 0. The third-order valence-electron chi connectivity index (χ3n) is 2.46. The Balaban J connectivity index is 2.24. The number of aromatic nitrogens is 2. The summed E-state index contributed by atoms with van der Waals surface area (Å²) in [5, 5.41) is 0. The van der Waals surface area contributed by atoms with Crippen LogP contribution in [0.2, 0.25) is 0 Å². The average Bonchev–Trinajstić information content (AvgIpc) is 2.72. The quantitative estimate of drug-likeness (QED) is 0.741. The van der Waals surface area contributed by atoms with Crippen LogP contribution in [0.15, 0.2) is 24.5 Å². The molecule has 1 unspecified atom stereocenters. The minimum Gasteiger partial charge on any atom is -0.468 e. The monoisotopic (exact) mass is 219 g/mol. The van der Waals surface area contributed by atoms with E-state index in [1.807, 2.05) is 18.3 Å². The molecule has 2 aromatic rings. The molecule has 1 atom stereocenters. The molecule has 0 saturated heterocycles. The van der Waals surface area contributed by atoms with Crippen molar-refractivity contribution in [1.82, 2.24) is 9.97 Å². The molecule has 0 bridgehead atoms. The number of carbonyl (C=O) groups is 1. The van der Waals surface area contributed by atoms with Crippen LogP contribution in [0.4, 0.5) is 0 Å². The lowest BCUT2D eigenvalue weighted by molar-refractivity contribution is -0.142. The lowest BCUT2D eigenvalue weighted by Crippen LogP contribution is -2.33. The van der Waals surface area contributed by atoms with Gasteiger partial charge in [0.25, 0.3) is 0 Å². The van der Waals surface area contributed by atoms with Crippen LogP contribution in [0.3, 0.4) is 0 Å². The number of hydrogen-bond acceptors (Lipinski definition) is 4. The number of pyridine rings is 1. The van der Waals surface area contributed by atoms with E-state index in [-0.39, 0.29) is 0 Å². The number of carbonyl (C=O) groups excluding carboxylic acids is 1. The zero-order chi connectivity index (χ0) is 11.5. The summed E-state index contributed by atoms with van der Waals surface area (Å²) in [4.78, 5) is 18.5. The maximum atomic E-state index is 11.2. The van der Waals surface area contributed by atoms with Gasteiger partial charge in [-0.05, 0) is 17.7 Å². The fourth-order valence-electron chi connectivity index (χ4n) is 1.64. The standard InChI is InChI=1S/C11H13N3O2/c1-16-11(15)8(12)5-7-6-14-9-3-2-4-13-10(7)9/h2-4,6,8,14H,5,12H2,1H3. The number of nitrogens with one attached hydrogen (secondary N) is 1. The molecule has 16 heavy (non-hydrogen) atoms. The Kier molecular flexibility index (Phi) is 2.87. The van der Waals surface area contributed by atoms with Crippen LogP contribution < -0.4 is 5.73 Å². The number of esters is 1. The number of nitrogens with zero attached hydrogens (tertiary/aromatic N) is 1. The molecule has 2 aromatic heterocycles. The molecule has 0 aromatic carbocycles. The summed E-state index contributed by atoms with van der Waals surface area (Å²) in [6, 6.07) is 3.13. The van der Waals surface area contributed by atoms with E-state index >= 15 is 0 Å². The minimum absolute atomic E-state index is 0.412. The van der Waals surface area contributed by atoms with Gasteiger partial charge in [-0.15, -0.1) is 0 Å². The number of methoxy groups -OCH3 is 1. The average molecular weight is 219 g/mol. The Labute approximate surface area is 92.6 Å². The molecule has 0 saturated carbocycles. The summed E-state index contributed by atoms with van der Waals surface area (Å²) in [5.41, 5.74) is 8.41. The lowest BCUT2D eigenvalue weighted by atomic mass is 10.1. The van der Waals surface area contributed by atoms with Crippen LogP contribution in [0.25, 0.3) is 11.0 Å². The molecule has 84 valence electrons. The van der Waals surface area contributed by atoms with Gasteiger partial charge in [0.2, 0.25) is 0 Å². The van der Waals surface area contributed by atoms with Crippen molar-refractivity contribution < 1.29 is 9.53 Å². The van der Waals surface area contributed by atoms with Gasteiger partial charge in [0, 0.05) is 18.8 Å². The third kappa shape index (κ3) is 1.90. The molecule has 2 rings (SSSR count). The van der Waals surface area contributed by atoms with Gasteiger partial charge in [-0.3, -0.25) is 9.78 Å². The minimum atomic E-state index is -0.647. The Bertz CT molecular complexity index is 507. The lowest BCUT2D eigenvalue weighted by Gasteiger charge is -2.07. The number of ether oxygens (including phenoxy) is 1. The second-order valence-corrected chi connectivity index (χ2v) is 3.55. The van der Waals surface area contributed by atoms with E-state index in [4.69, 9.17) is 5.73 Å². The number of rotatable bonds is 3. The van der Waals surface area contributed by atoms with Crippen molar-refractivity contribution in [3.63, 3.8) is 0 Å². The molecule has 0 spiro atoms. The zero-order valence-electron chi connectivity index (χ0n) is 8.93. The highest BCUT2D eigenvalue weighted by Crippen LogP contribution is 2.16. The first-order valence-corrected chi connectivity index (χ1v) is 4.96. The van der Waals surface area contributed by atoms with Crippen molar-refractivity contribution in [3.05, 3.63) is 30.1 Å². The number of aromatic amines is 1. The first kappa shape index (κ1) is 10.6. The normalized spacial score (nSPS) is 12.6. The van der Waals surface area contributed by atoms with Gasteiger partial charge in [0.05, 0.1) is 18.1 Å². The van der Waals surface area contributed by atoms with E-state index in [2.05, 4.69) is 14.7 Å². The van der Waals surface area contributed by atoms with Crippen molar-refractivity contribution in [2.75, 3.05) is 7.11 Å². The molecule has 0 aliphatic heterocycles. The van der Waals surface area contributed by atoms with E-state index in [0.29, 0.717) is 6.42 Å². The maximum Gasteiger partial charge on any atom is 0.322 e. The second kappa shape index (κ2) is 4.32. The predicted octanol–water partition coefficient (Wildman–Crippen LogP) is 0.606. The molecule has 3 N–H and O–H groups in total. The molecule has 0 fully saturated rings. The van der Waals surface area contributed by atoms with Crippen molar-refractivity contribution in [3.8, 4) is 0 Å². The summed E-state index contributed by atoms with van der Waals surface area (Å²) < 4.78 is 4.58. The van der Waals surface area contributed by atoms with Gasteiger partial charge in [-0.25, -0.2) is 0 Å². The summed E-state index contributed by atoms with van der Waals surface area (Å²) in [6.07, 6.45) is 3.95. The Morgan fingerprint density at radius 2 is 2.50 bits per heavy atom. The van der Waals surface area contributed by atoms with Gasteiger partial charge in [-0.1, -0.05) is 0 Å². The third-order valence-corrected chi connectivity index (χ3v) is 2.46. The van der Waals surface area contributed by atoms with E-state index in [1.165, 1.54) is 7.11 Å². The molecule has 5 nitrogen and oxygen atoms in total. The molecule has 0 amide bonds. The largest absolute Gasteiger partial charge is 0.468 e.